The Bertz CT molecular complexity index is 246. The molecule has 0 aliphatic carbocycles. The van der Waals surface area contributed by atoms with Crippen molar-refractivity contribution in [2.24, 2.45) is 4.99 Å². The molecule has 1 atom stereocenters. The summed E-state index contributed by atoms with van der Waals surface area (Å²) in [5.74, 6) is 0. The molecular formula is C7H6N3. The number of hydrogen-bond donors (Lipinski definition) is 1. The Morgan fingerprint density at radius 3 is 3.20 bits per heavy atom. The molecule has 1 aromatic rings. The number of allylic oxidation sites excluding steroid dienone is 1. The van der Waals surface area contributed by atoms with Gasteiger partial charge in [0.15, 0.2) is 6.33 Å². The molecule has 0 saturated carbocycles. The molecule has 0 aromatic carbocycles. The first-order chi connectivity index (χ1) is 4.97. The van der Waals surface area contributed by atoms with Crippen LogP contribution in [-0.4, -0.2) is 16.2 Å². The van der Waals surface area contributed by atoms with Gasteiger partial charge in [-0.15, -0.1) is 0 Å². The first-order valence-electron chi connectivity index (χ1n) is 3.08. The van der Waals surface area contributed by atoms with Gasteiger partial charge in [0, 0.05) is 12.4 Å². The van der Waals surface area contributed by atoms with Crippen LogP contribution >= 0.6 is 0 Å². The van der Waals surface area contributed by atoms with Crippen LogP contribution in [0.2, 0.25) is 0 Å². The highest BCUT2D eigenvalue weighted by atomic mass is 14.9. The van der Waals surface area contributed by atoms with Crippen molar-refractivity contribution in [1.29, 1.82) is 0 Å². The van der Waals surface area contributed by atoms with Crippen LogP contribution in [0.4, 0.5) is 0 Å². The van der Waals surface area contributed by atoms with Gasteiger partial charge in [-0.1, -0.05) is 6.08 Å². The molecule has 0 spiro atoms. The van der Waals surface area contributed by atoms with Gasteiger partial charge in [-0.3, -0.25) is 4.99 Å². The average Bonchev–Trinajstić information content (AvgIpc) is 2.59. The summed E-state index contributed by atoms with van der Waals surface area (Å²) in [4.78, 5) is 10.9. The maximum Gasteiger partial charge on any atom is 0.173 e. The third kappa shape index (κ3) is 0.757. The maximum absolute atomic E-state index is 4.14. The van der Waals surface area contributed by atoms with Gasteiger partial charge in [0.05, 0.1) is 5.69 Å². The standard InChI is InChI=1S/C7H6N3/c1-2-6(9-3-1)7-4-8-5-10-7/h1-4,6H,(H,8,10). The van der Waals surface area contributed by atoms with Gasteiger partial charge >= 0.3 is 0 Å². The molecule has 2 rings (SSSR count). The Kier molecular flexibility index (Phi) is 1.13. The minimum Gasteiger partial charge on any atom is -0.342 e. The van der Waals surface area contributed by atoms with Crippen molar-refractivity contribution in [2.75, 3.05) is 0 Å². The number of rotatable bonds is 1. The van der Waals surface area contributed by atoms with E-state index in [1.54, 1.807) is 12.4 Å². The maximum atomic E-state index is 4.14. The van der Waals surface area contributed by atoms with Crippen molar-refractivity contribution >= 4 is 6.21 Å². The van der Waals surface area contributed by atoms with Crippen molar-refractivity contribution in [3.05, 3.63) is 30.4 Å². The van der Waals surface area contributed by atoms with Crippen LogP contribution in [0.25, 0.3) is 0 Å². The predicted molar refractivity (Wildman–Crippen MR) is 37.8 cm³/mol. The van der Waals surface area contributed by atoms with E-state index in [-0.39, 0.29) is 6.04 Å². The predicted octanol–water partition coefficient (Wildman–Crippen LogP) is 0.892. The molecule has 1 aliphatic rings. The van der Waals surface area contributed by atoms with Crippen LogP contribution < -0.4 is 0 Å². The zero-order valence-electron chi connectivity index (χ0n) is 5.28. The van der Waals surface area contributed by atoms with Crippen molar-refractivity contribution < 1.29 is 0 Å². The van der Waals surface area contributed by atoms with Gasteiger partial charge in [0.1, 0.15) is 6.04 Å². The second-order valence-electron chi connectivity index (χ2n) is 2.07. The minimum absolute atomic E-state index is 0.113. The number of nitrogens with zero attached hydrogens (tertiary/aromatic N) is 2. The normalized spacial score (nSPS) is 22.2. The van der Waals surface area contributed by atoms with Crippen molar-refractivity contribution in [2.45, 2.75) is 6.04 Å². The van der Waals surface area contributed by atoms with Crippen LogP contribution in [0.5, 0.6) is 0 Å². The Morgan fingerprint density at radius 1 is 1.60 bits per heavy atom. The summed E-state index contributed by atoms with van der Waals surface area (Å²) >= 11 is 0. The Labute approximate surface area is 58.5 Å². The summed E-state index contributed by atoms with van der Waals surface area (Å²) in [6.45, 7) is 0. The lowest BCUT2D eigenvalue weighted by atomic mass is 10.2. The highest BCUT2D eigenvalue weighted by molar-refractivity contribution is 5.74. The van der Waals surface area contributed by atoms with E-state index in [4.69, 9.17) is 0 Å². The van der Waals surface area contributed by atoms with Crippen LogP contribution in [0.3, 0.4) is 0 Å². The Morgan fingerprint density at radius 2 is 2.60 bits per heavy atom. The molecule has 0 fully saturated rings. The molecule has 1 unspecified atom stereocenters. The van der Waals surface area contributed by atoms with Crippen molar-refractivity contribution in [3.8, 4) is 0 Å². The molecule has 10 heavy (non-hydrogen) atoms. The highest BCUT2D eigenvalue weighted by Gasteiger charge is 2.08. The highest BCUT2D eigenvalue weighted by Crippen LogP contribution is 2.17. The summed E-state index contributed by atoms with van der Waals surface area (Å²) in [6.07, 6.45) is 10.1. The number of aromatic nitrogens is 2. The first-order valence-corrected chi connectivity index (χ1v) is 3.08. The largest absolute Gasteiger partial charge is 0.342 e. The lowest BCUT2D eigenvalue weighted by Gasteiger charge is -1.96. The lowest BCUT2D eigenvalue weighted by molar-refractivity contribution is 0.893. The van der Waals surface area contributed by atoms with Gasteiger partial charge in [-0.2, -0.15) is 0 Å². The van der Waals surface area contributed by atoms with Crippen LogP contribution in [-0.2, 0) is 0 Å². The quantitative estimate of drug-likeness (QED) is 0.605. The SMILES string of the molecule is [c]1nc(C2C=CC=N2)c[nH]1. The zero-order chi connectivity index (χ0) is 6.81. The summed E-state index contributed by atoms with van der Waals surface area (Å²) in [5.41, 5.74) is 0.921. The molecule has 3 heteroatoms. The fourth-order valence-corrected chi connectivity index (χ4v) is 0.909. The van der Waals surface area contributed by atoms with Crippen molar-refractivity contribution in [1.82, 2.24) is 9.97 Å². The number of hydrogen-bond acceptors (Lipinski definition) is 2. The monoisotopic (exact) mass is 132 g/mol. The summed E-state index contributed by atoms with van der Waals surface area (Å²) in [6, 6.07) is 0.113. The van der Waals surface area contributed by atoms with E-state index in [1.165, 1.54) is 0 Å². The molecule has 3 nitrogen and oxygen atoms in total. The Hall–Kier alpha value is -1.38. The lowest BCUT2D eigenvalue weighted by Crippen LogP contribution is -1.86. The molecular weight excluding hydrogens is 126 g/mol. The number of aromatic amines is 1. The van der Waals surface area contributed by atoms with Gasteiger partial charge < -0.3 is 4.98 Å². The van der Waals surface area contributed by atoms with E-state index in [9.17, 15) is 0 Å². The molecule has 1 radical (unpaired) electrons. The van der Waals surface area contributed by atoms with Crippen LogP contribution in [0.1, 0.15) is 11.7 Å². The fourth-order valence-electron chi connectivity index (χ4n) is 0.909. The number of H-pyrrole nitrogens is 1. The van der Waals surface area contributed by atoms with E-state index in [0.717, 1.165) is 5.69 Å². The van der Waals surface area contributed by atoms with E-state index < -0.39 is 0 Å². The zero-order valence-corrected chi connectivity index (χ0v) is 5.28. The molecule has 2 heterocycles. The molecule has 1 N–H and O–H groups in total. The summed E-state index contributed by atoms with van der Waals surface area (Å²) < 4.78 is 0. The van der Waals surface area contributed by atoms with Crippen LogP contribution in [0.15, 0.2) is 23.3 Å². The van der Waals surface area contributed by atoms with Crippen molar-refractivity contribution in [3.63, 3.8) is 0 Å². The molecule has 0 amide bonds. The van der Waals surface area contributed by atoms with Gasteiger partial charge in [0.25, 0.3) is 0 Å². The topological polar surface area (TPSA) is 41.0 Å². The molecule has 1 aliphatic heterocycles. The number of aliphatic imine (C=N–C) groups is 1. The first kappa shape index (κ1) is 5.41. The second-order valence-corrected chi connectivity index (χ2v) is 2.07. The number of imidazole rings is 1. The number of nitrogens with one attached hydrogen (secondary N) is 1. The van der Waals surface area contributed by atoms with E-state index >= 15 is 0 Å². The van der Waals surface area contributed by atoms with Gasteiger partial charge in [-0.05, 0) is 6.08 Å². The second kappa shape index (κ2) is 2.10. The third-order valence-corrected chi connectivity index (χ3v) is 1.40. The molecule has 1 aromatic heterocycles. The van der Waals surface area contributed by atoms with Gasteiger partial charge in [-0.25, -0.2) is 4.98 Å². The smallest absolute Gasteiger partial charge is 0.173 e. The molecule has 0 saturated heterocycles. The van der Waals surface area contributed by atoms with Crippen LogP contribution in [0, 0.1) is 6.33 Å². The summed E-state index contributed by atoms with van der Waals surface area (Å²) in [7, 11) is 0. The molecule has 49 valence electrons. The minimum atomic E-state index is 0.113. The fraction of sp³-hybridized carbons (Fsp3) is 0.143. The average molecular weight is 132 g/mol. The Balaban J connectivity index is 2.29. The van der Waals surface area contributed by atoms with E-state index in [0.29, 0.717) is 0 Å². The molecule has 0 bridgehead atoms. The van der Waals surface area contributed by atoms with E-state index in [2.05, 4.69) is 21.3 Å². The third-order valence-electron chi connectivity index (χ3n) is 1.40. The summed E-state index contributed by atoms with van der Waals surface area (Å²) in [5, 5.41) is 0. The van der Waals surface area contributed by atoms with Gasteiger partial charge in [0.2, 0.25) is 0 Å². The van der Waals surface area contributed by atoms with E-state index in [1.807, 2.05) is 12.2 Å².